The van der Waals surface area contributed by atoms with E-state index in [1.165, 1.54) is 77.0 Å². The molecule has 0 spiro atoms. The van der Waals surface area contributed by atoms with Gasteiger partial charge in [0.05, 0.1) is 0 Å². The zero-order valence-electron chi connectivity index (χ0n) is 10.8. The van der Waals surface area contributed by atoms with Crippen LogP contribution in [0, 0.1) is 0 Å². The quantitative estimate of drug-likeness (QED) is 0.453. The van der Waals surface area contributed by atoms with Crippen molar-refractivity contribution in [3.05, 3.63) is 24.3 Å². The van der Waals surface area contributed by atoms with Gasteiger partial charge < -0.3 is 0 Å². The van der Waals surface area contributed by atoms with Gasteiger partial charge in [-0.3, -0.25) is 0 Å². The monoisotopic (exact) mass is 220 g/mol. The van der Waals surface area contributed by atoms with Crippen molar-refractivity contribution in [1.29, 1.82) is 0 Å². The lowest BCUT2D eigenvalue weighted by Gasteiger charge is -2.00. The Kier molecular flexibility index (Phi) is 9.30. The van der Waals surface area contributed by atoms with Crippen molar-refractivity contribution in [3.8, 4) is 0 Å². The molecule has 0 saturated carbocycles. The highest BCUT2D eigenvalue weighted by Crippen LogP contribution is 2.10. The molecular formula is C16H28. The van der Waals surface area contributed by atoms with Crippen LogP contribution in [0.5, 0.6) is 0 Å². The maximum atomic E-state index is 2.39. The third-order valence-electron chi connectivity index (χ3n) is 3.32. The third-order valence-corrected chi connectivity index (χ3v) is 3.32. The molecule has 0 atom stereocenters. The van der Waals surface area contributed by atoms with Crippen molar-refractivity contribution in [2.45, 2.75) is 77.0 Å². The fraction of sp³-hybridized carbons (Fsp3) is 0.750. The Balaban J connectivity index is 2.14. The minimum absolute atomic E-state index is 1.30. The van der Waals surface area contributed by atoms with Crippen LogP contribution in [0.1, 0.15) is 77.0 Å². The van der Waals surface area contributed by atoms with Gasteiger partial charge in [-0.15, -0.1) is 0 Å². The summed E-state index contributed by atoms with van der Waals surface area (Å²) in [6, 6.07) is 0. The van der Waals surface area contributed by atoms with E-state index in [0.29, 0.717) is 0 Å². The Labute approximate surface area is 102 Å². The van der Waals surface area contributed by atoms with Gasteiger partial charge >= 0.3 is 0 Å². The molecule has 0 N–H and O–H groups in total. The van der Waals surface area contributed by atoms with E-state index in [1.54, 1.807) is 0 Å². The Bertz CT molecular complexity index is 168. The van der Waals surface area contributed by atoms with Gasteiger partial charge in [0.25, 0.3) is 0 Å². The standard InChI is InChI=1S/C16H28/c1-2-4-6-8-10-12-14-16-15-13-11-9-7-5-3-1/h1-2,13,15H,3-12,14,16H2/b2-1+,15-13+. The molecule has 0 amide bonds. The largest absolute Gasteiger partial charge is 0.0885 e. The van der Waals surface area contributed by atoms with E-state index >= 15 is 0 Å². The molecule has 0 aromatic rings. The summed E-state index contributed by atoms with van der Waals surface area (Å²) in [5.41, 5.74) is 0. The minimum atomic E-state index is 1.30. The lowest BCUT2D eigenvalue weighted by atomic mass is 10.1. The van der Waals surface area contributed by atoms with E-state index in [4.69, 9.17) is 0 Å². The average molecular weight is 220 g/mol. The lowest BCUT2D eigenvalue weighted by Crippen LogP contribution is -1.80. The molecule has 0 saturated heterocycles. The predicted molar refractivity (Wildman–Crippen MR) is 73.7 cm³/mol. The maximum absolute atomic E-state index is 2.39. The van der Waals surface area contributed by atoms with Crippen molar-refractivity contribution in [1.82, 2.24) is 0 Å². The summed E-state index contributed by atoms with van der Waals surface area (Å²) in [7, 11) is 0. The molecule has 1 rings (SSSR count). The van der Waals surface area contributed by atoms with E-state index in [0.717, 1.165) is 0 Å². The highest BCUT2D eigenvalue weighted by molar-refractivity contribution is 4.83. The van der Waals surface area contributed by atoms with Crippen LogP contribution in [0.2, 0.25) is 0 Å². The fourth-order valence-electron chi connectivity index (χ4n) is 2.23. The van der Waals surface area contributed by atoms with Crippen LogP contribution >= 0.6 is 0 Å². The molecule has 92 valence electrons. The van der Waals surface area contributed by atoms with E-state index in [9.17, 15) is 0 Å². The maximum Gasteiger partial charge on any atom is -0.0351 e. The molecule has 0 fully saturated rings. The van der Waals surface area contributed by atoms with E-state index in [-0.39, 0.29) is 0 Å². The van der Waals surface area contributed by atoms with E-state index < -0.39 is 0 Å². The van der Waals surface area contributed by atoms with Crippen molar-refractivity contribution in [2.24, 2.45) is 0 Å². The van der Waals surface area contributed by atoms with Crippen molar-refractivity contribution >= 4 is 0 Å². The number of hydrogen-bond acceptors (Lipinski definition) is 0. The zero-order chi connectivity index (χ0) is 11.3. The SMILES string of the molecule is C1=C/CCCCCCC/C=C/CCCCC/1. The first-order chi connectivity index (χ1) is 8.00. The van der Waals surface area contributed by atoms with Gasteiger partial charge in [0.15, 0.2) is 0 Å². The Hall–Kier alpha value is -0.520. The van der Waals surface area contributed by atoms with Gasteiger partial charge in [0.1, 0.15) is 0 Å². The number of hydrogen-bond donors (Lipinski definition) is 0. The fourth-order valence-corrected chi connectivity index (χ4v) is 2.23. The number of allylic oxidation sites excluding steroid dienone is 4. The van der Waals surface area contributed by atoms with Crippen LogP contribution in [-0.2, 0) is 0 Å². The second kappa shape index (κ2) is 11.0. The van der Waals surface area contributed by atoms with Gasteiger partial charge in [0.2, 0.25) is 0 Å². The van der Waals surface area contributed by atoms with Crippen LogP contribution < -0.4 is 0 Å². The summed E-state index contributed by atoms with van der Waals surface area (Å²) < 4.78 is 0. The van der Waals surface area contributed by atoms with E-state index in [1.807, 2.05) is 0 Å². The van der Waals surface area contributed by atoms with Gasteiger partial charge in [-0.25, -0.2) is 0 Å². The summed E-state index contributed by atoms with van der Waals surface area (Å²) in [6.07, 6.45) is 26.0. The van der Waals surface area contributed by atoms with Gasteiger partial charge in [-0.1, -0.05) is 50.0 Å². The summed E-state index contributed by atoms with van der Waals surface area (Å²) in [5, 5.41) is 0. The van der Waals surface area contributed by atoms with Crippen LogP contribution in [0.15, 0.2) is 24.3 Å². The first-order valence-corrected chi connectivity index (χ1v) is 7.30. The Morgan fingerprint density at radius 3 is 0.938 bits per heavy atom. The highest BCUT2D eigenvalue weighted by Gasteiger charge is 1.90. The van der Waals surface area contributed by atoms with Crippen molar-refractivity contribution in [3.63, 3.8) is 0 Å². The molecule has 0 heterocycles. The molecule has 0 aliphatic heterocycles. The smallest absolute Gasteiger partial charge is 0.0351 e. The Morgan fingerprint density at radius 2 is 0.562 bits per heavy atom. The first kappa shape index (κ1) is 13.5. The van der Waals surface area contributed by atoms with Crippen molar-refractivity contribution in [2.75, 3.05) is 0 Å². The van der Waals surface area contributed by atoms with Crippen molar-refractivity contribution < 1.29 is 0 Å². The van der Waals surface area contributed by atoms with Crippen LogP contribution in [0.3, 0.4) is 0 Å². The summed E-state index contributed by atoms with van der Waals surface area (Å²) in [5.74, 6) is 0. The Morgan fingerprint density at radius 1 is 0.312 bits per heavy atom. The van der Waals surface area contributed by atoms with Crippen LogP contribution in [0.4, 0.5) is 0 Å². The molecular weight excluding hydrogens is 192 g/mol. The second-order valence-electron chi connectivity index (χ2n) is 4.93. The molecule has 0 aromatic heterocycles. The van der Waals surface area contributed by atoms with Gasteiger partial charge in [-0.2, -0.15) is 0 Å². The molecule has 0 heteroatoms. The third kappa shape index (κ3) is 8.76. The lowest BCUT2D eigenvalue weighted by molar-refractivity contribution is 0.619. The van der Waals surface area contributed by atoms with Gasteiger partial charge in [0, 0.05) is 0 Å². The zero-order valence-corrected chi connectivity index (χ0v) is 10.8. The molecule has 0 unspecified atom stereocenters. The van der Waals surface area contributed by atoms with E-state index in [2.05, 4.69) is 24.3 Å². The van der Waals surface area contributed by atoms with Crippen LogP contribution in [-0.4, -0.2) is 0 Å². The predicted octanol–water partition coefficient (Wildman–Crippen LogP) is 5.79. The molecule has 0 aromatic carbocycles. The molecule has 1 aliphatic rings. The first-order valence-electron chi connectivity index (χ1n) is 7.30. The molecule has 0 bridgehead atoms. The molecule has 0 radical (unpaired) electrons. The highest BCUT2D eigenvalue weighted by atomic mass is 14.0. The van der Waals surface area contributed by atoms with Crippen LogP contribution in [0.25, 0.3) is 0 Å². The molecule has 1 aliphatic carbocycles. The molecule has 0 nitrogen and oxygen atoms in total. The summed E-state index contributed by atoms with van der Waals surface area (Å²) in [4.78, 5) is 0. The normalized spacial score (nSPS) is 26.0. The second-order valence-corrected chi connectivity index (χ2v) is 4.93. The summed E-state index contributed by atoms with van der Waals surface area (Å²) in [6.45, 7) is 0. The minimum Gasteiger partial charge on any atom is -0.0885 e. The topological polar surface area (TPSA) is 0 Å². The average Bonchev–Trinajstić information content (AvgIpc) is 2.29. The number of rotatable bonds is 0. The summed E-state index contributed by atoms with van der Waals surface area (Å²) >= 11 is 0. The molecule has 16 heavy (non-hydrogen) atoms. The van der Waals surface area contributed by atoms with Gasteiger partial charge in [-0.05, 0) is 51.4 Å².